The molecule has 37 heavy (non-hydrogen) atoms. The Bertz CT molecular complexity index is 1500. The van der Waals surface area contributed by atoms with Crippen molar-refractivity contribution in [1.29, 1.82) is 0 Å². The fourth-order valence-electron chi connectivity index (χ4n) is 4.55. The van der Waals surface area contributed by atoms with Gasteiger partial charge < -0.3 is 5.11 Å². The molecule has 0 aliphatic rings. The van der Waals surface area contributed by atoms with Crippen molar-refractivity contribution < 1.29 is 5.11 Å². The fraction of sp³-hybridized carbons (Fsp3) is 0.448. The molecule has 0 saturated heterocycles. The lowest BCUT2D eigenvalue weighted by atomic mass is 10.0. The van der Waals surface area contributed by atoms with E-state index in [1.165, 1.54) is 16.3 Å². The highest BCUT2D eigenvalue weighted by molar-refractivity contribution is 7.99. The van der Waals surface area contributed by atoms with Gasteiger partial charge in [-0.05, 0) is 46.8 Å². The molecule has 2 aromatic heterocycles. The quantitative estimate of drug-likeness (QED) is 0.172. The van der Waals surface area contributed by atoms with E-state index in [4.69, 9.17) is 9.97 Å². The van der Waals surface area contributed by atoms with Crippen LogP contribution in [0, 0.1) is 11.8 Å². The normalized spacial score (nSPS) is 11.9. The molecule has 0 fully saturated rings. The topological polar surface area (TPSA) is 90.0 Å². The molecule has 7 nitrogen and oxygen atoms in total. The lowest BCUT2D eigenvalue weighted by Crippen LogP contribution is -2.42. The molecule has 8 heteroatoms. The predicted molar refractivity (Wildman–Crippen MR) is 152 cm³/mol. The first-order valence-corrected chi connectivity index (χ1v) is 14.0. The summed E-state index contributed by atoms with van der Waals surface area (Å²) in [5.74, 6) is 1.64. The van der Waals surface area contributed by atoms with Crippen LogP contribution in [0.25, 0.3) is 21.8 Å². The smallest absolute Gasteiger partial charge is 0.332 e. The lowest BCUT2D eigenvalue weighted by Gasteiger charge is -2.18. The van der Waals surface area contributed by atoms with Crippen molar-refractivity contribution in [2.45, 2.75) is 65.1 Å². The highest BCUT2D eigenvalue weighted by atomic mass is 32.2. The van der Waals surface area contributed by atoms with E-state index in [9.17, 15) is 14.7 Å². The van der Waals surface area contributed by atoms with Crippen molar-refractivity contribution in [2.75, 3.05) is 12.4 Å². The number of rotatable bonds is 11. The summed E-state index contributed by atoms with van der Waals surface area (Å²) in [6.07, 6.45) is 1.98. The third-order valence-electron chi connectivity index (χ3n) is 6.19. The summed E-state index contributed by atoms with van der Waals surface area (Å²) in [5.41, 5.74) is 0.874. The molecule has 0 saturated carbocycles. The zero-order valence-electron chi connectivity index (χ0n) is 22.1. The highest BCUT2D eigenvalue weighted by Crippen LogP contribution is 2.26. The van der Waals surface area contributed by atoms with Crippen LogP contribution >= 0.6 is 11.8 Å². The number of aliphatic hydroxyl groups excluding tert-OH is 1. The minimum Gasteiger partial charge on any atom is -0.396 e. The SMILES string of the molecule is CC(C)Cn1c(=O)c2c(SCCCCO)nc(Cc3cccc4ccccc34)nc2n(CC(C)C)c1=O. The summed E-state index contributed by atoms with van der Waals surface area (Å²) >= 11 is 1.50. The van der Waals surface area contributed by atoms with E-state index in [1.54, 1.807) is 4.57 Å². The maximum atomic E-state index is 13.7. The second-order valence-corrected chi connectivity index (χ2v) is 11.4. The second-order valence-electron chi connectivity index (χ2n) is 10.3. The number of hydrogen-bond donors (Lipinski definition) is 1. The molecule has 196 valence electrons. The predicted octanol–water partition coefficient (Wildman–Crippen LogP) is 4.87. The number of thioether (sulfide) groups is 1. The van der Waals surface area contributed by atoms with E-state index in [-0.39, 0.29) is 29.7 Å². The Kier molecular flexibility index (Phi) is 8.82. The second kappa shape index (κ2) is 12.0. The van der Waals surface area contributed by atoms with Crippen molar-refractivity contribution in [3.05, 3.63) is 74.7 Å². The number of benzene rings is 2. The summed E-state index contributed by atoms with van der Waals surface area (Å²) in [4.78, 5) is 37.0. The van der Waals surface area contributed by atoms with Gasteiger partial charge in [0.2, 0.25) is 0 Å². The summed E-state index contributed by atoms with van der Waals surface area (Å²) in [6.45, 7) is 9.05. The number of unbranched alkanes of at least 4 members (excludes halogenated alkanes) is 1. The van der Waals surface area contributed by atoms with E-state index in [0.717, 1.165) is 22.8 Å². The van der Waals surface area contributed by atoms with Gasteiger partial charge in [-0.2, -0.15) is 0 Å². The van der Waals surface area contributed by atoms with Crippen LogP contribution in [0.2, 0.25) is 0 Å². The zero-order chi connectivity index (χ0) is 26.5. The van der Waals surface area contributed by atoms with Gasteiger partial charge in [0, 0.05) is 26.1 Å². The molecule has 0 spiro atoms. The van der Waals surface area contributed by atoms with E-state index >= 15 is 0 Å². The Balaban J connectivity index is 1.94. The number of aliphatic hydroxyl groups is 1. The standard InChI is InChI=1S/C29H36N4O3S/c1-19(2)17-32-26-25(28(35)33(29(32)36)18-20(3)4)27(37-15-8-7-14-34)31-24(30-26)16-22-12-9-11-21-10-5-6-13-23(21)22/h5-6,9-13,19-20,34H,7-8,14-18H2,1-4H3. The molecule has 0 unspecified atom stereocenters. The van der Waals surface area contributed by atoms with Gasteiger partial charge in [-0.1, -0.05) is 70.2 Å². The molecule has 2 heterocycles. The van der Waals surface area contributed by atoms with Crippen molar-refractivity contribution >= 4 is 33.6 Å². The molecule has 0 amide bonds. The van der Waals surface area contributed by atoms with Crippen LogP contribution in [-0.4, -0.2) is 36.6 Å². The average Bonchev–Trinajstić information content (AvgIpc) is 2.86. The zero-order valence-corrected chi connectivity index (χ0v) is 22.9. The number of aromatic nitrogens is 4. The minimum atomic E-state index is -0.324. The Morgan fingerprint density at radius 1 is 0.892 bits per heavy atom. The van der Waals surface area contributed by atoms with E-state index in [0.29, 0.717) is 53.6 Å². The monoisotopic (exact) mass is 520 g/mol. The molecule has 4 rings (SSSR count). The van der Waals surface area contributed by atoms with Crippen LogP contribution in [0.1, 0.15) is 51.9 Å². The van der Waals surface area contributed by atoms with Crippen LogP contribution in [-0.2, 0) is 19.5 Å². The third kappa shape index (κ3) is 6.13. The first-order valence-electron chi connectivity index (χ1n) is 13.0. The van der Waals surface area contributed by atoms with Gasteiger partial charge in [0.25, 0.3) is 5.56 Å². The molecule has 0 aliphatic heterocycles. The Hall–Kier alpha value is -2.97. The van der Waals surface area contributed by atoms with Crippen LogP contribution in [0.4, 0.5) is 0 Å². The van der Waals surface area contributed by atoms with Crippen molar-refractivity contribution in [1.82, 2.24) is 19.1 Å². The average molecular weight is 521 g/mol. The fourth-order valence-corrected chi connectivity index (χ4v) is 5.59. The molecule has 2 aromatic carbocycles. The van der Waals surface area contributed by atoms with Gasteiger partial charge in [-0.25, -0.2) is 14.8 Å². The van der Waals surface area contributed by atoms with Crippen LogP contribution < -0.4 is 11.2 Å². The van der Waals surface area contributed by atoms with Crippen molar-refractivity contribution in [3.63, 3.8) is 0 Å². The van der Waals surface area contributed by atoms with E-state index < -0.39 is 0 Å². The lowest BCUT2D eigenvalue weighted by molar-refractivity contribution is 0.287. The minimum absolute atomic E-state index is 0.131. The molecule has 1 N–H and O–H groups in total. The first kappa shape index (κ1) is 27.1. The summed E-state index contributed by atoms with van der Waals surface area (Å²) < 4.78 is 3.01. The van der Waals surface area contributed by atoms with Crippen molar-refractivity contribution in [2.24, 2.45) is 11.8 Å². The third-order valence-corrected chi connectivity index (χ3v) is 7.26. The summed E-state index contributed by atoms with van der Waals surface area (Å²) in [7, 11) is 0. The van der Waals surface area contributed by atoms with Crippen LogP contribution in [0.5, 0.6) is 0 Å². The molecule has 0 aliphatic carbocycles. The molecule has 0 radical (unpaired) electrons. The van der Waals surface area contributed by atoms with E-state index in [1.807, 2.05) is 32.0 Å². The van der Waals surface area contributed by atoms with Gasteiger partial charge >= 0.3 is 5.69 Å². The number of hydrogen-bond acceptors (Lipinski definition) is 6. The van der Waals surface area contributed by atoms with Crippen LogP contribution in [0.15, 0.2) is 57.1 Å². The van der Waals surface area contributed by atoms with Gasteiger partial charge in [0.1, 0.15) is 16.2 Å². The highest BCUT2D eigenvalue weighted by Gasteiger charge is 2.21. The molecule has 4 aromatic rings. The number of nitrogens with zero attached hydrogens (tertiary/aromatic N) is 4. The van der Waals surface area contributed by atoms with Gasteiger partial charge in [0.15, 0.2) is 5.65 Å². The molecular weight excluding hydrogens is 484 g/mol. The van der Waals surface area contributed by atoms with Gasteiger partial charge in [0.05, 0.1) is 0 Å². The summed E-state index contributed by atoms with van der Waals surface area (Å²) in [6, 6.07) is 14.4. The molecule has 0 bridgehead atoms. The Morgan fingerprint density at radius 2 is 1.59 bits per heavy atom. The largest absolute Gasteiger partial charge is 0.396 e. The van der Waals surface area contributed by atoms with Crippen LogP contribution in [0.3, 0.4) is 0 Å². The van der Waals surface area contributed by atoms with E-state index in [2.05, 4.69) is 38.1 Å². The Labute approximate surface area is 221 Å². The molecular formula is C29H36N4O3S. The molecule has 0 atom stereocenters. The maximum absolute atomic E-state index is 13.7. The summed E-state index contributed by atoms with van der Waals surface area (Å²) in [5, 5.41) is 12.5. The number of fused-ring (bicyclic) bond motifs is 2. The Morgan fingerprint density at radius 3 is 2.32 bits per heavy atom. The maximum Gasteiger partial charge on any atom is 0.332 e. The first-order chi connectivity index (χ1) is 17.8. The van der Waals surface area contributed by atoms with Gasteiger partial charge in [-0.3, -0.25) is 13.9 Å². The van der Waals surface area contributed by atoms with Gasteiger partial charge in [-0.15, -0.1) is 11.8 Å². The van der Waals surface area contributed by atoms with Crippen molar-refractivity contribution in [3.8, 4) is 0 Å².